The van der Waals surface area contributed by atoms with Crippen LogP contribution >= 0.6 is 0 Å². The largest absolute Gasteiger partial charge is 0.473 e. The van der Waals surface area contributed by atoms with Gasteiger partial charge in [0.05, 0.1) is 23.7 Å². The van der Waals surface area contributed by atoms with Gasteiger partial charge in [-0.1, -0.05) is 30.3 Å². The van der Waals surface area contributed by atoms with Crippen LogP contribution in [0.4, 0.5) is 0 Å². The van der Waals surface area contributed by atoms with Crippen LogP contribution in [0, 0.1) is 6.92 Å². The fraction of sp³-hybridized carbons (Fsp3) is 0.190. The fourth-order valence-electron chi connectivity index (χ4n) is 2.83. The predicted molar refractivity (Wildman–Crippen MR) is 104 cm³/mol. The summed E-state index contributed by atoms with van der Waals surface area (Å²) in [6.45, 7) is 5.38. The Morgan fingerprint density at radius 2 is 1.85 bits per heavy atom. The molecule has 0 aliphatic heterocycles. The summed E-state index contributed by atoms with van der Waals surface area (Å²) in [5, 5.41) is 11.3. The number of nitrogens with zero attached hydrogens (tertiary/aromatic N) is 4. The van der Waals surface area contributed by atoms with Gasteiger partial charge in [-0.25, -0.2) is 5.10 Å². The maximum absolute atomic E-state index is 5.95. The molecule has 3 heterocycles. The number of rotatable bonds is 6. The van der Waals surface area contributed by atoms with Gasteiger partial charge in [0.1, 0.15) is 6.61 Å². The van der Waals surface area contributed by atoms with Crippen LogP contribution in [0.2, 0.25) is 0 Å². The number of pyridine rings is 1. The van der Waals surface area contributed by atoms with E-state index in [-0.39, 0.29) is 0 Å². The molecule has 0 atom stereocenters. The minimum atomic E-state index is 0.457. The number of ether oxygens (including phenoxy) is 1. The van der Waals surface area contributed by atoms with E-state index >= 15 is 0 Å². The minimum Gasteiger partial charge on any atom is -0.473 e. The van der Waals surface area contributed by atoms with Crippen molar-refractivity contribution in [3.8, 4) is 28.3 Å². The summed E-state index contributed by atoms with van der Waals surface area (Å²) >= 11 is 0. The summed E-state index contributed by atoms with van der Waals surface area (Å²) in [6.07, 6.45) is 7.46. The molecule has 0 aliphatic rings. The highest BCUT2D eigenvalue weighted by Crippen LogP contribution is 2.28. The van der Waals surface area contributed by atoms with Crippen molar-refractivity contribution in [3.63, 3.8) is 0 Å². The first-order valence-corrected chi connectivity index (χ1v) is 8.94. The number of hydrogen-bond acceptors (Lipinski definition) is 4. The number of benzene rings is 1. The third-order valence-corrected chi connectivity index (χ3v) is 4.42. The highest BCUT2D eigenvalue weighted by molar-refractivity contribution is 5.66. The lowest BCUT2D eigenvalue weighted by Gasteiger charge is -2.07. The molecule has 0 unspecified atom stereocenters. The number of H-pyrrole nitrogens is 1. The van der Waals surface area contributed by atoms with Gasteiger partial charge in [0, 0.05) is 30.1 Å². The van der Waals surface area contributed by atoms with Gasteiger partial charge in [-0.2, -0.15) is 10.2 Å². The normalized spacial score (nSPS) is 10.9. The molecule has 0 bridgehead atoms. The van der Waals surface area contributed by atoms with Crippen LogP contribution in [0.1, 0.15) is 18.1 Å². The lowest BCUT2D eigenvalue weighted by atomic mass is 10.1. The lowest BCUT2D eigenvalue weighted by molar-refractivity contribution is 0.294. The van der Waals surface area contributed by atoms with E-state index in [0.29, 0.717) is 12.5 Å². The predicted octanol–water partition coefficient (Wildman–Crippen LogP) is 4.24. The molecule has 0 saturated heterocycles. The quantitative estimate of drug-likeness (QED) is 0.559. The van der Waals surface area contributed by atoms with E-state index in [4.69, 9.17) is 4.74 Å². The van der Waals surface area contributed by atoms with E-state index in [9.17, 15) is 0 Å². The average Bonchev–Trinajstić information content (AvgIpc) is 3.36. The van der Waals surface area contributed by atoms with Crippen molar-refractivity contribution in [2.45, 2.75) is 27.0 Å². The van der Waals surface area contributed by atoms with Gasteiger partial charge in [-0.05, 0) is 31.0 Å². The summed E-state index contributed by atoms with van der Waals surface area (Å²) < 4.78 is 7.83. The van der Waals surface area contributed by atoms with E-state index in [1.165, 1.54) is 0 Å². The molecule has 0 saturated carbocycles. The number of aryl methyl sites for hydroxylation is 2. The Labute approximate surface area is 157 Å². The van der Waals surface area contributed by atoms with Gasteiger partial charge < -0.3 is 4.74 Å². The lowest BCUT2D eigenvalue weighted by Crippen LogP contribution is -1.97. The Morgan fingerprint density at radius 3 is 2.56 bits per heavy atom. The molecule has 0 fully saturated rings. The molecular weight excluding hydrogens is 338 g/mol. The molecule has 6 heteroatoms. The molecule has 1 aromatic carbocycles. The first-order chi connectivity index (χ1) is 13.2. The van der Waals surface area contributed by atoms with Gasteiger partial charge in [-0.3, -0.25) is 9.67 Å². The first-order valence-electron chi connectivity index (χ1n) is 8.94. The van der Waals surface area contributed by atoms with Gasteiger partial charge in [-0.15, -0.1) is 0 Å². The van der Waals surface area contributed by atoms with Crippen LogP contribution in [0.15, 0.2) is 61.2 Å². The van der Waals surface area contributed by atoms with Crippen molar-refractivity contribution in [1.29, 1.82) is 0 Å². The van der Waals surface area contributed by atoms with E-state index in [1.54, 1.807) is 6.20 Å². The average molecular weight is 359 g/mol. The monoisotopic (exact) mass is 359 g/mol. The number of aromatic nitrogens is 5. The maximum atomic E-state index is 5.95. The molecule has 136 valence electrons. The second-order valence-electron chi connectivity index (χ2n) is 6.40. The molecular formula is C21H21N5O. The minimum absolute atomic E-state index is 0.457. The number of nitrogens with one attached hydrogen (secondary N) is 1. The fourth-order valence-corrected chi connectivity index (χ4v) is 2.83. The van der Waals surface area contributed by atoms with E-state index in [1.807, 2.05) is 36.3 Å². The van der Waals surface area contributed by atoms with Crippen molar-refractivity contribution in [1.82, 2.24) is 25.0 Å². The Morgan fingerprint density at radius 1 is 1.00 bits per heavy atom. The standard InChI is InChI=1S/C21H21N5O/c1-3-26-13-18(11-24-26)19-12-23-25-21(19)27-14-16-5-7-17(8-6-16)20-9-4-15(2)10-22-20/h4-13H,3,14H2,1-2H3,(H,23,25). The van der Waals surface area contributed by atoms with Gasteiger partial charge in [0.15, 0.2) is 0 Å². The summed E-state index contributed by atoms with van der Waals surface area (Å²) in [5.41, 5.74) is 6.20. The molecule has 6 nitrogen and oxygen atoms in total. The highest BCUT2D eigenvalue weighted by atomic mass is 16.5. The Balaban J connectivity index is 1.45. The molecule has 0 aliphatic carbocycles. The molecule has 4 rings (SSSR count). The molecule has 1 N–H and O–H groups in total. The van der Waals surface area contributed by atoms with E-state index in [0.717, 1.165) is 40.1 Å². The number of aromatic amines is 1. The van der Waals surface area contributed by atoms with Crippen LogP contribution in [-0.4, -0.2) is 25.0 Å². The summed E-state index contributed by atoms with van der Waals surface area (Å²) in [7, 11) is 0. The maximum Gasteiger partial charge on any atom is 0.217 e. The Bertz CT molecular complexity index is 1020. The van der Waals surface area contributed by atoms with Gasteiger partial charge >= 0.3 is 0 Å². The van der Waals surface area contributed by atoms with Crippen LogP contribution in [-0.2, 0) is 13.2 Å². The Kier molecular flexibility index (Phi) is 4.70. The molecule has 4 aromatic rings. The topological polar surface area (TPSA) is 68.6 Å². The zero-order valence-corrected chi connectivity index (χ0v) is 15.4. The van der Waals surface area contributed by atoms with Crippen molar-refractivity contribution < 1.29 is 4.74 Å². The molecule has 0 spiro atoms. The second kappa shape index (κ2) is 7.45. The second-order valence-corrected chi connectivity index (χ2v) is 6.40. The van der Waals surface area contributed by atoms with Crippen molar-refractivity contribution in [2.75, 3.05) is 0 Å². The first kappa shape index (κ1) is 17.0. The smallest absolute Gasteiger partial charge is 0.217 e. The molecule has 3 aromatic heterocycles. The van der Waals surface area contributed by atoms with Crippen molar-refractivity contribution >= 4 is 0 Å². The van der Waals surface area contributed by atoms with Crippen LogP contribution in [0.5, 0.6) is 5.88 Å². The van der Waals surface area contributed by atoms with Crippen LogP contribution in [0.25, 0.3) is 22.4 Å². The van der Waals surface area contributed by atoms with Crippen molar-refractivity contribution in [2.24, 2.45) is 0 Å². The SMILES string of the molecule is CCn1cc(-c2cn[nH]c2OCc2ccc(-c3ccc(C)cn3)cc2)cn1. The summed E-state index contributed by atoms with van der Waals surface area (Å²) in [5.74, 6) is 0.648. The van der Waals surface area contributed by atoms with Gasteiger partial charge in [0.25, 0.3) is 0 Å². The summed E-state index contributed by atoms with van der Waals surface area (Å²) in [6, 6.07) is 12.4. The van der Waals surface area contributed by atoms with Gasteiger partial charge in [0.2, 0.25) is 5.88 Å². The van der Waals surface area contributed by atoms with E-state index in [2.05, 4.69) is 57.5 Å². The number of hydrogen-bond donors (Lipinski definition) is 1. The Hall–Kier alpha value is -3.41. The highest BCUT2D eigenvalue weighted by Gasteiger charge is 2.11. The molecule has 0 amide bonds. The van der Waals surface area contributed by atoms with Crippen LogP contribution < -0.4 is 4.74 Å². The third kappa shape index (κ3) is 3.74. The molecule has 27 heavy (non-hydrogen) atoms. The zero-order valence-electron chi connectivity index (χ0n) is 15.4. The third-order valence-electron chi connectivity index (χ3n) is 4.42. The van der Waals surface area contributed by atoms with Crippen molar-refractivity contribution in [3.05, 3.63) is 72.3 Å². The van der Waals surface area contributed by atoms with E-state index < -0.39 is 0 Å². The zero-order chi connectivity index (χ0) is 18.6. The molecule has 0 radical (unpaired) electrons. The van der Waals surface area contributed by atoms with Crippen LogP contribution in [0.3, 0.4) is 0 Å². The summed E-state index contributed by atoms with van der Waals surface area (Å²) in [4.78, 5) is 4.47.